The Hall–Kier alpha value is -1.16. The van der Waals surface area contributed by atoms with Crippen LogP contribution in [0.15, 0.2) is 18.6 Å². The summed E-state index contributed by atoms with van der Waals surface area (Å²) >= 11 is 0. The van der Waals surface area contributed by atoms with E-state index in [9.17, 15) is 0 Å². The standard InChI is InChI=1S/C13H21N3O/c1-2-5-12(6-3-1)17-10-4-7-15-13-11-14-8-9-16-13/h8-9,11-12H,1-7,10H2,(H,15,16). The molecule has 0 spiro atoms. The smallest absolute Gasteiger partial charge is 0.144 e. The molecule has 1 aliphatic carbocycles. The molecule has 1 saturated carbocycles. The first kappa shape index (κ1) is 12.3. The first-order chi connectivity index (χ1) is 8.45. The van der Waals surface area contributed by atoms with Crippen molar-refractivity contribution in [3.05, 3.63) is 18.6 Å². The van der Waals surface area contributed by atoms with Gasteiger partial charge in [0.15, 0.2) is 0 Å². The maximum Gasteiger partial charge on any atom is 0.144 e. The topological polar surface area (TPSA) is 47.0 Å². The number of hydrogen-bond donors (Lipinski definition) is 1. The molecule has 4 nitrogen and oxygen atoms in total. The molecule has 1 aromatic heterocycles. The highest BCUT2D eigenvalue weighted by Crippen LogP contribution is 2.20. The Morgan fingerprint density at radius 3 is 2.88 bits per heavy atom. The maximum absolute atomic E-state index is 5.84. The second kappa shape index (κ2) is 7.22. The zero-order chi connectivity index (χ0) is 11.8. The fourth-order valence-corrected chi connectivity index (χ4v) is 2.16. The van der Waals surface area contributed by atoms with Crippen LogP contribution in [0.3, 0.4) is 0 Å². The van der Waals surface area contributed by atoms with E-state index in [1.807, 2.05) is 0 Å². The van der Waals surface area contributed by atoms with Gasteiger partial charge in [-0.15, -0.1) is 0 Å². The molecule has 0 bridgehead atoms. The number of nitrogens with one attached hydrogen (secondary N) is 1. The minimum atomic E-state index is 0.514. The lowest BCUT2D eigenvalue weighted by atomic mass is 9.98. The van der Waals surface area contributed by atoms with Gasteiger partial charge < -0.3 is 10.1 Å². The lowest BCUT2D eigenvalue weighted by Crippen LogP contribution is -2.18. The molecule has 2 rings (SSSR count). The zero-order valence-electron chi connectivity index (χ0n) is 10.3. The molecule has 0 atom stereocenters. The summed E-state index contributed by atoms with van der Waals surface area (Å²) in [7, 11) is 0. The van der Waals surface area contributed by atoms with Crippen LogP contribution in [-0.2, 0) is 4.74 Å². The largest absolute Gasteiger partial charge is 0.378 e. The number of nitrogens with zero attached hydrogens (tertiary/aromatic N) is 2. The summed E-state index contributed by atoms with van der Waals surface area (Å²) in [6.45, 7) is 1.74. The summed E-state index contributed by atoms with van der Waals surface area (Å²) in [4.78, 5) is 8.15. The molecule has 1 heterocycles. The molecule has 94 valence electrons. The van der Waals surface area contributed by atoms with Crippen LogP contribution in [0.2, 0.25) is 0 Å². The van der Waals surface area contributed by atoms with Crippen molar-refractivity contribution in [1.29, 1.82) is 0 Å². The summed E-state index contributed by atoms with van der Waals surface area (Å²) in [6.07, 6.45) is 13.2. The lowest BCUT2D eigenvalue weighted by Gasteiger charge is -2.21. The summed E-state index contributed by atoms with van der Waals surface area (Å²) in [5.74, 6) is 0.838. The third-order valence-corrected chi connectivity index (χ3v) is 3.10. The van der Waals surface area contributed by atoms with Gasteiger partial charge in [0.2, 0.25) is 0 Å². The van der Waals surface area contributed by atoms with Gasteiger partial charge in [-0.05, 0) is 19.3 Å². The van der Waals surface area contributed by atoms with Gasteiger partial charge in [-0.1, -0.05) is 19.3 Å². The van der Waals surface area contributed by atoms with Crippen LogP contribution in [0, 0.1) is 0 Å². The average Bonchev–Trinajstić information content (AvgIpc) is 2.41. The monoisotopic (exact) mass is 235 g/mol. The van der Waals surface area contributed by atoms with Crippen LogP contribution >= 0.6 is 0 Å². The molecular formula is C13H21N3O. The molecular weight excluding hydrogens is 214 g/mol. The van der Waals surface area contributed by atoms with Gasteiger partial charge in [-0.2, -0.15) is 0 Å². The molecule has 1 aliphatic rings. The van der Waals surface area contributed by atoms with Crippen molar-refractivity contribution >= 4 is 5.82 Å². The van der Waals surface area contributed by atoms with Gasteiger partial charge in [-0.3, -0.25) is 4.98 Å². The van der Waals surface area contributed by atoms with Gasteiger partial charge in [0.25, 0.3) is 0 Å². The van der Waals surface area contributed by atoms with Crippen molar-refractivity contribution in [2.45, 2.75) is 44.6 Å². The number of ether oxygens (including phenoxy) is 1. The van der Waals surface area contributed by atoms with Crippen molar-refractivity contribution in [2.75, 3.05) is 18.5 Å². The van der Waals surface area contributed by atoms with Gasteiger partial charge in [0, 0.05) is 25.5 Å². The van der Waals surface area contributed by atoms with Crippen molar-refractivity contribution < 1.29 is 4.74 Å². The van der Waals surface area contributed by atoms with E-state index >= 15 is 0 Å². The number of anilines is 1. The Morgan fingerprint density at radius 2 is 2.12 bits per heavy atom. The van der Waals surface area contributed by atoms with Crippen molar-refractivity contribution in [3.63, 3.8) is 0 Å². The lowest BCUT2D eigenvalue weighted by molar-refractivity contribution is 0.0284. The highest BCUT2D eigenvalue weighted by Gasteiger charge is 2.12. The van der Waals surface area contributed by atoms with E-state index in [1.54, 1.807) is 18.6 Å². The Kier molecular flexibility index (Phi) is 5.23. The van der Waals surface area contributed by atoms with Crippen LogP contribution in [0.25, 0.3) is 0 Å². The number of hydrogen-bond acceptors (Lipinski definition) is 4. The maximum atomic E-state index is 5.84. The first-order valence-corrected chi connectivity index (χ1v) is 6.56. The second-order valence-electron chi connectivity index (χ2n) is 4.50. The van der Waals surface area contributed by atoms with E-state index in [0.717, 1.165) is 25.4 Å². The zero-order valence-corrected chi connectivity index (χ0v) is 10.3. The van der Waals surface area contributed by atoms with E-state index in [1.165, 1.54) is 32.1 Å². The summed E-state index contributed by atoms with van der Waals surface area (Å²) < 4.78 is 5.84. The van der Waals surface area contributed by atoms with Gasteiger partial charge in [0.1, 0.15) is 5.82 Å². The average molecular weight is 235 g/mol. The summed E-state index contributed by atoms with van der Waals surface area (Å²) in [6, 6.07) is 0. The van der Waals surface area contributed by atoms with Gasteiger partial charge >= 0.3 is 0 Å². The fourth-order valence-electron chi connectivity index (χ4n) is 2.16. The Bertz CT molecular complexity index is 299. The van der Waals surface area contributed by atoms with Gasteiger partial charge in [-0.25, -0.2) is 4.98 Å². The van der Waals surface area contributed by atoms with E-state index in [4.69, 9.17) is 4.74 Å². The van der Waals surface area contributed by atoms with E-state index in [2.05, 4.69) is 15.3 Å². The third-order valence-electron chi connectivity index (χ3n) is 3.10. The molecule has 0 amide bonds. The molecule has 17 heavy (non-hydrogen) atoms. The van der Waals surface area contributed by atoms with Crippen LogP contribution in [0.5, 0.6) is 0 Å². The molecule has 1 aromatic rings. The predicted octanol–water partition coefficient (Wildman–Crippen LogP) is 2.63. The summed E-state index contributed by atoms with van der Waals surface area (Å²) in [5.41, 5.74) is 0. The third kappa shape index (κ3) is 4.69. The van der Waals surface area contributed by atoms with Crippen LogP contribution in [-0.4, -0.2) is 29.2 Å². The molecule has 1 fully saturated rings. The Morgan fingerprint density at radius 1 is 1.24 bits per heavy atom. The van der Waals surface area contributed by atoms with Crippen LogP contribution < -0.4 is 5.32 Å². The number of rotatable bonds is 6. The van der Waals surface area contributed by atoms with Crippen molar-refractivity contribution in [2.24, 2.45) is 0 Å². The SMILES string of the molecule is c1cnc(NCCCOC2CCCCC2)cn1. The molecule has 0 radical (unpaired) electrons. The normalized spacial score (nSPS) is 16.9. The van der Waals surface area contributed by atoms with Crippen molar-refractivity contribution in [3.8, 4) is 0 Å². The molecule has 0 unspecified atom stereocenters. The van der Waals surface area contributed by atoms with E-state index < -0.39 is 0 Å². The second-order valence-corrected chi connectivity index (χ2v) is 4.50. The molecule has 0 saturated heterocycles. The molecule has 0 aromatic carbocycles. The van der Waals surface area contributed by atoms with E-state index in [-0.39, 0.29) is 0 Å². The molecule has 4 heteroatoms. The quantitative estimate of drug-likeness (QED) is 0.770. The van der Waals surface area contributed by atoms with Gasteiger partial charge in [0.05, 0.1) is 12.3 Å². The fraction of sp³-hybridized carbons (Fsp3) is 0.692. The number of aromatic nitrogens is 2. The van der Waals surface area contributed by atoms with Crippen LogP contribution in [0.1, 0.15) is 38.5 Å². The highest BCUT2D eigenvalue weighted by atomic mass is 16.5. The van der Waals surface area contributed by atoms with Crippen molar-refractivity contribution in [1.82, 2.24) is 9.97 Å². The van der Waals surface area contributed by atoms with Crippen LogP contribution in [0.4, 0.5) is 5.82 Å². The Balaban J connectivity index is 1.51. The summed E-state index contributed by atoms with van der Waals surface area (Å²) in [5, 5.41) is 3.23. The Labute approximate surface area is 103 Å². The minimum Gasteiger partial charge on any atom is -0.378 e. The van der Waals surface area contributed by atoms with E-state index in [0.29, 0.717) is 6.10 Å². The predicted molar refractivity (Wildman–Crippen MR) is 68.0 cm³/mol. The molecule has 0 aliphatic heterocycles. The first-order valence-electron chi connectivity index (χ1n) is 6.56. The highest BCUT2D eigenvalue weighted by molar-refractivity contribution is 5.29. The minimum absolute atomic E-state index is 0.514. The molecule has 1 N–H and O–H groups in total.